The van der Waals surface area contributed by atoms with Crippen LogP contribution >= 0.6 is 0 Å². The molecule has 0 spiro atoms. The Morgan fingerprint density at radius 3 is 2.04 bits per heavy atom. The minimum Gasteiger partial charge on any atom is -0.444 e. The highest BCUT2D eigenvalue weighted by atomic mass is 19.4. The van der Waals surface area contributed by atoms with Gasteiger partial charge in [-0.2, -0.15) is 13.2 Å². The second-order valence-electron chi connectivity index (χ2n) is 5.96. The van der Waals surface area contributed by atoms with Crippen LogP contribution in [0.4, 0.5) is 18.0 Å². The van der Waals surface area contributed by atoms with E-state index in [0.29, 0.717) is 5.56 Å². The third-order valence-electron chi connectivity index (χ3n) is 2.60. The number of amides is 3. The van der Waals surface area contributed by atoms with E-state index < -0.39 is 29.7 Å². The Balaban J connectivity index is 2.52. The molecule has 7 nitrogen and oxygen atoms in total. The Labute approximate surface area is 141 Å². The Morgan fingerprint density at radius 1 is 1.00 bits per heavy atom. The normalized spacial score (nSPS) is 11.4. The van der Waals surface area contributed by atoms with Gasteiger partial charge in [-0.3, -0.25) is 20.4 Å². The molecule has 3 N–H and O–H groups in total. The number of carbonyl (C=O) groups excluding carboxylic acids is 3. The summed E-state index contributed by atoms with van der Waals surface area (Å²) in [5, 5.41) is 2.52. The van der Waals surface area contributed by atoms with Crippen LogP contribution in [0, 0.1) is 0 Å². The van der Waals surface area contributed by atoms with Crippen molar-refractivity contribution in [2.45, 2.75) is 39.1 Å². The number of alkyl carbamates (subject to hydrolysis) is 1. The second-order valence-corrected chi connectivity index (χ2v) is 5.96. The van der Waals surface area contributed by atoms with Crippen molar-refractivity contribution in [1.82, 2.24) is 16.2 Å². The van der Waals surface area contributed by atoms with E-state index in [1.54, 1.807) is 26.2 Å². The molecule has 0 aliphatic rings. The SMILES string of the molecule is CC(C)(C)OC(=O)NCc1ccc(C(=O)NNC(=O)C(F)(F)F)cc1. The third-order valence-corrected chi connectivity index (χ3v) is 2.60. The van der Waals surface area contributed by atoms with Gasteiger partial charge < -0.3 is 10.1 Å². The number of rotatable bonds is 3. The van der Waals surface area contributed by atoms with Gasteiger partial charge in [0.15, 0.2) is 0 Å². The van der Waals surface area contributed by atoms with Gasteiger partial charge in [0.05, 0.1) is 0 Å². The summed E-state index contributed by atoms with van der Waals surface area (Å²) in [4.78, 5) is 33.7. The lowest BCUT2D eigenvalue weighted by atomic mass is 10.1. The maximum Gasteiger partial charge on any atom is 0.472 e. The van der Waals surface area contributed by atoms with Gasteiger partial charge >= 0.3 is 18.2 Å². The van der Waals surface area contributed by atoms with E-state index in [1.165, 1.54) is 29.7 Å². The van der Waals surface area contributed by atoms with Crippen molar-refractivity contribution in [3.63, 3.8) is 0 Å². The van der Waals surface area contributed by atoms with Gasteiger partial charge in [-0.15, -0.1) is 0 Å². The molecule has 25 heavy (non-hydrogen) atoms. The zero-order chi connectivity index (χ0) is 19.3. The van der Waals surface area contributed by atoms with Crippen LogP contribution < -0.4 is 16.2 Å². The number of halogens is 3. The smallest absolute Gasteiger partial charge is 0.444 e. The molecule has 0 aliphatic heterocycles. The minimum atomic E-state index is -5.09. The minimum absolute atomic E-state index is 0.0310. The number of hydrogen-bond acceptors (Lipinski definition) is 4. The van der Waals surface area contributed by atoms with Crippen molar-refractivity contribution in [1.29, 1.82) is 0 Å². The molecule has 0 saturated carbocycles. The summed E-state index contributed by atoms with van der Waals surface area (Å²) in [6, 6.07) is 5.66. The molecule has 0 aliphatic carbocycles. The van der Waals surface area contributed by atoms with Crippen LogP contribution in [0.3, 0.4) is 0 Å². The molecule has 1 aromatic rings. The monoisotopic (exact) mass is 361 g/mol. The van der Waals surface area contributed by atoms with Gasteiger partial charge in [0.2, 0.25) is 0 Å². The highest BCUT2D eigenvalue weighted by Gasteiger charge is 2.38. The fraction of sp³-hybridized carbons (Fsp3) is 0.400. The molecule has 1 rings (SSSR count). The van der Waals surface area contributed by atoms with Gasteiger partial charge in [0.25, 0.3) is 5.91 Å². The predicted molar refractivity (Wildman–Crippen MR) is 81.2 cm³/mol. The fourth-order valence-electron chi connectivity index (χ4n) is 1.52. The van der Waals surface area contributed by atoms with Gasteiger partial charge in [0.1, 0.15) is 5.60 Å². The fourth-order valence-corrected chi connectivity index (χ4v) is 1.52. The van der Waals surface area contributed by atoms with Gasteiger partial charge in [-0.25, -0.2) is 4.79 Å². The summed E-state index contributed by atoms with van der Waals surface area (Å²) in [7, 11) is 0. The van der Waals surface area contributed by atoms with E-state index in [4.69, 9.17) is 4.74 Å². The third kappa shape index (κ3) is 7.55. The molecule has 0 radical (unpaired) electrons. The van der Waals surface area contributed by atoms with Gasteiger partial charge in [-0.1, -0.05) is 12.1 Å². The van der Waals surface area contributed by atoms with Crippen LogP contribution in [0.25, 0.3) is 0 Å². The number of nitrogens with one attached hydrogen (secondary N) is 3. The second kappa shape index (κ2) is 7.86. The highest BCUT2D eigenvalue weighted by Crippen LogP contribution is 2.13. The number of hydrogen-bond donors (Lipinski definition) is 3. The molecule has 0 heterocycles. The lowest BCUT2D eigenvalue weighted by Crippen LogP contribution is -2.47. The standard InChI is InChI=1S/C15H18F3N3O4/c1-14(2,3)25-13(24)19-8-9-4-6-10(7-5-9)11(22)20-21-12(23)15(16,17)18/h4-7H,8H2,1-3H3,(H,19,24)(H,20,22)(H,21,23). The molecule has 10 heteroatoms. The van der Waals surface area contributed by atoms with E-state index in [-0.39, 0.29) is 12.1 Å². The first-order valence-electron chi connectivity index (χ1n) is 7.12. The zero-order valence-corrected chi connectivity index (χ0v) is 13.8. The molecule has 0 bridgehead atoms. The Hall–Kier alpha value is -2.78. The number of ether oxygens (including phenoxy) is 1. The van der Waals surface area contributed by atoms with Crippen molar-refractivity contribution in [3.8, 4) is 0 Å². The number of carbonyl (C=O) groups is 3. The number of alkyl halides is 3. The summed E-state index contributed by atoms with van der Waals surface area (Å²) in [5.74, 6) is -3.19. The van der Waals surface area contributed by atoms with Crippen LogP contribution in [-0.2, 0) is 16.1 Å². The number of benzene rings is 1. The van der Waals surface area contributed by atoms with Crippen molar-refractivity contribution < 1.29 is 32.3 Å². The maximum atomic E-state index is 12.0. The first kappa shape index (κ1) is 20.3. The van der Waals surface area contributed by atoms with Gasteiger partial charge in [0, 0.05) is 12.1 Å². The topological polar surface area (TPSA) is 96.5 Å². The average molecular weight is 361 g/mol. The van der Waals surface area contributed by atoms with Crippen molar-refractivity contribution in [2.24, 2.45) is 0 Å². The summed E-state index contributed by atoms with van der Waals surface area (Å²) >= 11 is 0. The molecule has 0 aromatic heterocycles. The largest absolute Gasteiger partial charge is 0.472 e. The van der Waals surface area contributed by atoms with Gasteiger partial charge in [-0.05, 0) is 38.5 Å². The molecular formula is C15H18F3N3O4. The van der Waals surface area contributed by atoms with E-state index in [2.05, 4.69) is 5.32 Å². The summed E-state index contributed by atoms with van der Waals surface area (Å²) in [6.45, 7) is 5.30. The molecule has 0 saturated heterocycles. The van der Waals surface area contributed by atoms with Crippen LogP contribution in [0.1, 0.15) is 36.7 Å². The van der Waals surface area contributed by atoms with E-state index in [1.807, 2.05) is 0 Å². The van der Waals surface area contributed by atoms with E-state index >= 15 is 0 Å². The Morgan fingerprint density at radius 2 is 1.56 bits per heavy atom. The summed E-state index contributed by atoms with van der Waals surface area (Å²) < 4.78 is 41.1. The first-order valence-corrected chi connectivity index (χ1v) is 7.12. The Bertz CT molecular complexity index is 637. The Kier molecular flexibility index (Phi) is 6.37. The van der Waals surface area contributed by atoms with Crippen LogP contribution in [-0.4, -0.2) is 29.7 Å². The van der Waals surface area contributed by atoms with E-state index in [0.717, 1.165) is 0 Å². The molecule has 0 fully saturated rings. The summed E-state index contributed by atoms with van der Waals surface area (Å²) in [5.41, 5.74) is 2.95. The quantitative estimate of drug-likeness (QED) is 0.718. The summed E-state index contributed by atoms with van der Waals surface area (Å²) in [6.07, 6.45) is -5.70. The molecule has 3 amide bonds. The maximum absolute atomic E-state index is 12.0. The van der Waals surface area contributed by atoms with Crippen LogP contribution in [0.5, 0.6) is 0 Å². The average Bonchev–Trinajstić information content (AvgIpc) is 2.48. The van der Waals surface area contributed by atoms with Crippen LogP contribution in [0.15, 0.2) is 24.3 Å². The predicted octanol–water partition coefficient (Wildman–Crippen LogP) is 2.03. The van der Waals surface area contributed by atoms with Crippen LogP contribution in [0.2, 0.25) is 0 Å². The molecule has 1 aromatic carbocycles. The lowest BCUT2D eigenvalue weighted by Gasteiger charge is -2.19. The van der Waals surface area contributed by atoms with Crippen molar-refractivity contribution in [3.05, 3.63) is 35.4 Å². The number of hydrazine groups is 1. The highest BCUT2D eigenvalue weighted by molar-refractivity contribution is 5.95. The van der Waals surface area contributed by atoms with Crippen molar-refractivity contribution >= 4 is 17.9 Å². The lowest BCUT2D eigenvalue weighted by molar-refractivity contribution is -0.174. The molecule has 138 valence electrons. The molecular weight excluding hydrogens is 343 g/mol. The zero-order valence-electron chi connectivity index (χ0n) is 13.8. The van der Waals surface area contributed by atoms with Crippen molar-refractivity contribution in [2.75, 3.05) is 0 Å². The molecule has 0 atom stereocenters. The molecule has 0 unspecified atom stereocenters. The first-order chi connectivity index (χ1) is 11.4. The van der Waals surface area contributed by atoms with E-state index in [9.17, 15) is 27.6 Å².